The molecule has 0 amide bonds. The van der Waals surface area contributed by atoms with Gasteiger partial charge in [0.05, 0.1) is 6.61 Å². The summed E-state index contributed by atoms with van der Waals surface area (Å²) in [6.07, 6.45) is 3.37. The number of pyridine rings is 1. The van der Waals surface area contributed by atoms with Gasteiger partial charge in [-0.2, -0.15) is 0 Å². The summed E-state index contributed by atoms with van der Waals surface area (Å²) < 4.78 is 0. The predicted octanol–water partition coefficient (Wildman–Crippen LogP) is 2.04. The van der Waals surface area contributed by atoms with Gasteiger partial charge in [-0.25, -0.2) is 4.98 Å². The van der Waals surface area contributed by atoms with Gasteiger partial charge in [0, 0.05) is 18.8 Å². The van der Waals surface area contributed by atoms with Crippen LogP contribution in [0.15, 0.2) is 23.8 Å². The lowest BCUT2D eigenvalue weighted by Gasteiger charge is -2.27. The molecule has 1 aliphatic rings. The summed E-state index contributed by atoms with van der Waals surface area (Å²) in [5, 5.41) is 9.10. The molecule has 0 bridgehead atoms. The Hall–Kier alpha value is -1.35. The largest absolute Gasteiger partial charge is 0.392 e. The fourth-order valence-corrected chi connectivity index (χ4v) is 2.03. The zero-order valence-electron chi connectivity index (χ0n) is 9.90. The van der Waals surface area contributed by atoms with Gasteiger partial charge in [0.25, 0.3) is 0 Å². The molecule has 3 nitrogen and oxygen atoms in total. The second kappa shape index (κ2) is 4.66. The van der Waals surface area contributed by atoms with Crippen LogP contribution in [-0.2, 0) is 6.61 Å². The summed E-state index contributed by atoms with van der Waals surface area (Å²) in [6, 6.07) is 3.96. The summed E-state index contributed by atoms with van der Waals surface area (Å²) in [4.78, 5) is 6.82. The number of aliphatic hydroxyl groups is 1. The monoisotopic (exact) mass is 218 g/mol. The van der Waals surface area contributed by atoms with E-state index in [0.717, 1.165) is 36.6 Å². The minimum atomic E-state index is 0.0675. The Labute approximate surface area is 96.4 Å². The third kappa shape index (κ3) is 2.25. The molecule has 0 fully saturated rings. The van der Waals surface area contributed by atoms with E-state index in [-0.39, 0.29) is 6.61 Å². The van der Waals surface area contributed by atoms with Crippen molar-refractivity contribution in [1.82, 2.24) is 4.98 Å². The fraction of sp³-hybridized carbons (Fsp3) is 0.462. The molecule has 0 saturated carbocycles. The van der Waals surface area contributed by atoms with Crippen LogP contribution in [-0.4, -0.2) is 23.2 Å². The molecule has 16 heavy (non-hydrogen) atoms. The van der Waals surface area contributed by atoms with E-state index in [0.29, 0.717) is 0 Å². The molecule has 0 aromatic carbocycles. The molecule has 3 heteroatoms. The van der Waals surface area contributed by atoms with Crippen LogP contribution in [0.5, 0.6) is 0 Å². The van der Waals surface area contributed by atoms with Crippen LogP contribution in [0.4, 0.5) is 5.82 Å². The molecular formula is C13H18N2O. The van der Waals surface area contributed by atoms with E-state index in [2.05, 4.69) is 22.9 Å². The van der Waals surface area contributed by atoms with E-state index < -0.39 is 0 Å². The quantitative estimate of drug-likeness (QED) is 0.772. The number of aliphatic hydroxyl groups excluding tert-OH is 1. The van der Waals surface area contributed by atoms with Crippen molar-refractivity contribution in [1.29, 1.82) is 0 Å². The van der Waals surface area contributed by atoms with Gasteiger partial charge in [0.1, 0.15) is 5.82 Å². The molecule has 0 unspecified atom stereocenters. The van der Waals surface area contributed by atoms with Gasteiger partial charge < -0.3 is 10.0 Å². The number of nitrogens with zero attached hydrogens (tertiary/aromatic N) is 2. The molecule has 86 valence electrons. The highest BCUT2D eigenvalue weighted by Gasteiger charge is 2.12. The highest BCUT2D eigenvalue weighted by Crippen LogP contribution is 2.19. The first kappa shape index (κ1) is 11.1. The molecule has 1 aromatic rings. The molecule has 0 radical (unpaired) electrons. The van der Waals surface area contributed by atoms with Crippen LogP contribution in [0.25, 0.3) is 0 Å². The minimum absolute atomic E-state index is 0.0675. The molecule has 1 aromatic heterocycles. The van der Waals surface area contributed by atoms with Crippen LogP contribution in [0.3, 0.4) is 0 Å². The fourth-order valence-electron chi connectivity index (χ4n) is 2.03. The van der Waals surface area contributed by atoms with E-state index in [1.807, 2.05) is 19.1 Å². The van der Waals surface area contributed by atoms with Crippen LogP contribution >= 0.6 is 0 Å². The molecule has 1 N–H and O–H groups in total. The number of hydrogen-bond donors (Lipinski definition) is 1. The number of aryl methyl sites for hydroxylation is 1. The Kier molecular flexibility index (Phi) is 3.25. The zero-order valence-corrected chi connectivity index (χ0v) is 9.90. The first-order chi connectivity index (χ1) is 7.70. The van der Waals surface area contributed by atoms with Gasteiger partial charge in [0.2, 0.25) is 0 Å². The average Bonchev–Trinajstić information content (AvgIpc) is 2.29. The van der Waals surface area contributed by atoms with Gasteiger partial charge in [-0.15, -0.1) is 0 Å². The maximum absolute atomic E-state index is 9.10. The van der Waals surface area contributed by atoms with E-state index in [9.17, 15) is 0 Å². The Morgan fingerprint density at radius 2 is 2.19 bits per heavy atom. The van der Waals surface area contributed by atoms with Crippen LogP contribution in [0, 0.1) is 6.92 Å². The van der Waals surface area contributed by atoms with Crippen LogP contribution in [0.2, 0.25) is 0 Å². The smallest absolute Gasteiger partial charge is 0.129 e. The molecule has 0 aliphatic carbocycles. The van der Waals surface area contributed by atoms with Gasteiger partial charge in [-0.05, 0) is 31.9 Å². The number of anilines is 1. The second-order valence-corrected chi connectivity index (χ2v) is 4.33. The summed E-state index contributed by atoms with van der Waals surface area (Å²) in [5.41, 5.74) is 3.23. The lowest BCUT2D eigenvalue weighted by atomic mass is 10.1. The third-order valence-corrected chi connectivity index (χ3v) is 3.01. The van der Waals surface area contributed by atoms with E-state index >= 15 is 0 Å². The van der Waals surface area contributed by atoms with E-state index in [1.165, 1.54) is 5.57 Å². The van der Waals surface area contributed by atoms with E-state index in [1.54, 1.807) is 0 Å². The number of rotatable bonds is 2. The van der Waals surface area contributed by atoms with E-state index in [4.69, 9.17) is 5.11 Å². The number of hydrogen-bond acceptors (Lipinski definition) is 3. The Bertz CT molecular complexity index is 412. The minimum Gasteiger partial charge on any atom is -0.392 e. The molecule has 2 rings (SSSR count). The summed E-state index contributed by atoms with van der Waals surface area (Å²) in [5.74, 6) is 1.02. The summed E-state index contributed by atoms with van der Waals surface area (Å²) in [7, 11) is 0. The van der Waals surface area contributed by atoms with Crippen molar-refractivity contribution in [2.75, 3.05) is 18.0 Å². The molecule has 0 atom stereocenters. The zero-order chi connectivity index (χ0) is 11.5. The van der Waals surface area contributed by atoms with Gasteiger partial charge >= 0.3 is 0 Å². The molecule has 0 spiro atoms. The maximum Gasteiger partial charge on any atom is 0.129 e. The van der Waals surface area contributed by atoms with Crippen molar-refractivity contribution >= 4 is 5.82 Å². The first-order valence-corrected chi connectivity index (χ1v) is 5.68. The Morgan fingerprint density at radius 3 is 2.81 bits per heavy atom. The third-order valence-electron chi connectivity index (χ3n) is 3.01. The lowest BCUT2D eigenvalue weighted by Crippen LogP contribution is -2.30. The van der Waals surface area contributed by atoms with Crippen molar-refractivity contribution in [3.05, 3.63) is 35.0 Å². The van der Waals surface area contributed by atoms with Crippen molar-refractivity contribution in [2.45, 2.75) is 26.9 Å². The highest BCUT2D eigenvalue weighted by atomic mass is 16.3. The molecule has 1 aliphatic heterocycles. The van der Waals surface area contributed by atoms with Gasteiger partial charge in [0.15, 0.2) is 0 Å². The van der Waals surface area contributed by atoms with Crippen molar-refractivity contribution < 1.29 is 5.11 Å². The standard InChI is InChI=1S/C13H18N2O/c1-10-4-3-7-15(8-10)13-6-5-12(9-16)11(2)14-13/h4-6,16H,3,7-9H2,1-2H3. The topological polar surface area (TPSA) is 36.4 Å². The van der Waals surface area contributed by atoms with Crippen LogP contribution in [0.1, 0.15) is 24.6 Å². The summed E-state index contributed by atoms with van der Waals surface area (Å²) >= 11 is 0. The number of aromatic nitrogens is 1. The molecule has 0 saturated heterocycles. The first-order valence-electron chi connectivity index (χ1n) is 5.68. The molecular weight excluding hydrogens is 200 g/mol. The van der Waals surface area contributed by atoms with Crippen LogP contribution < -0.4 is 4.90 Å². The average molecular weight is 218 g/mol. The Morgan fingerprint density at radius 1 is 1.38 bits per heavy atom. The lowest BCUT2D eigenvalue weighted by molar-refractivity contribution is 0.280. The SMILES string of the molecule is CC1=CCCN(c2ccc(CO)c(C)n2)C1. The maximum atomic E-state index is 9.10. The predicted molar refractivity (Wildman–Crippen MR) is 65.5 cm³/mol. The van der Waals surface area contributed by atoms with Crippen molar-refractivity contribution in [3.63, 3.8) is 0 Å². The molecule has 2 heterocycles. The normalized spacial score (nSPS) is 16.2. The van der Waals surface area contributed by atoms with Gasteiger partial charge in [-0.3, -0.25) is 0 Å². The Balaban J connectivity index is 2.21. The van der Waals surface area contributed by atoms with Crippen molar-refractivity contribution in [3.8, 4) is 0 Å². The highest BCUT2D eigenvalue weighted by molar-refractivity contribution is 5.44. The van der Waals surface area contributed by atoms with Crippen molar-refractivity contribution in [2.24, 2.45) is 0 Å². The van der Waals surface area contributed by atoms with Gasteiger partial charge in [-0.1, -0.05) is 17.7 Å². The second-order valence-electron chi connectivity index (χ2n) is 4.33. The summed E-state index contributed by atoms with van der Waals surface area (Å²) in [6.45, 7) is 6.16.